The summed E-state index contributed by atoms with van der Waals surface area (Å²) in [6.07, 6.45) is 2.56. The van der Waals surface area contributed by atoms with Gasteiger partial charge in [0.2, 0.25) is 5.91 Å². The van der Waals surface area contributed by atoms with Crippen molar-refractivity contribution in [3.8, 4) is 11.4 Å². The number of hydrogen-bond acceptors (Lipinski definition) is 5. The summed E-state index contributed by atoms with van der Waals surface area (Å²) in [5.74, 6) is 0.786. The molecular weight excluding hydrogens is 354 g/mol. The fourth-order valence-electron chi connectivity index (χ4n) is 2.67. The van der Waals surface area contributed by atoms with E-state index in [4.69, 9.17) is 4.74 Å². The minimum absolute atomic E-state index is 0.0400. The summed E-state index contributed by atoms with van der Waals surface area (Å²) in [7, 11) is 0. The van der Waals surface area contributed by atoms with Crippen LogP contribution in [0.5, 0.6) is 5.75 Å². The Morgan fingerprint density at radius 1 is 1.07 bits per heavy atom. The Kier molecular flexibility index (Phi) is 6.03. The molecule has 146 valence electrons. The summed E-state index contributed by atoms with van der Waals surface area (Å²) in [5.41, 5.74) is 2.96. The number of carbonyl (C=O) groups is 1. The maximum absolute atomic E-state index is 12.1. The lowest BCUT2D eigenvalue weighted by Gasteiger charge is -2.19. The van der Waals surface area contributed by atoms with E-state index >= 15 is 0 Å². The van der Waals surface area contributed by atoms with Crippen molar-refractivity contribution in [2.75, 3.05) is 11.9 Å². The van der Waals surface area contributed by atoms with Crippen molar-refractivity contribution in [2.24, 2.45) is 0 Å². The van der Waals surface area contributed by atoms with Crippen molar-refractivity contribution >= 4 is 11.6 Å². The smallest absolute Gasteiger partial charge is 0.224 e. The van der Waals surface area contributed by atoms with Gasteiger partial charge in [-0.25, -0.2) is 4.68 Å². The predicted octanol–water partition coefficient (Wildman–Crippen LogP) is 3.76. The van der Waals surface area contributed by atoms with Gasteiger partial charge in [0, 0.05) is 12.1 Å². The van der Waals surface area contributed by atoms with Gasteiger partial charge < -0.3 is 10.1 Å². The van der Waals surface area contributed by atoms with Gasteiger partial charge >= 0.3 is 0 Å². The van der Waals surface area contributed by atoms with E-state index in [1.54, 1.807) is 4.68 Å². The normalized spacial score (nSPS) is 11.2. The van der Waals surface area contributed by atoms with Crippen molar-refractivity contribution in [2.45, 2.75) is 39.0 Å². The highest BCUT2D eigenvalue weighted by Gasteiger charge is 2.13. The molecule has 2 aromatic carbocycles. The Labute approximate surface area is 164 Å². The van der Waals surface area contributed by atoms with Crippen LogP contribution >= 0.6 is 0 Å². The van der Waals surface area contributed by atoms with E-state index in [9.17, 15) is 4.79 Å². The summed E-state index contributed by atoms with van der Waals surface area (Å²) >= 11 is 0. The number of hydrogen-bond donors (Lipinski definition) is 1. The number of tetrazole rings is 1. The maximum Gasteiger partial charge on any atom is 0.224 e. The molecule has 1 N–H and O–H groups in total. The van der Waals surface area contributed by atoms with E-state index in [0.29, 0.717) is 19.4 Å². The summed E-state index contributed by atoms with van der Waals surface area (Å²) < 4.78 is 7.28. The van der Waals surface area contributed by atoms with Crippen LogP contribution in [0.3, 0.4) is 0 Å². The highest BCUT2D eigenvalue weighted by atomic mass is 16.5. The minimum Gasteiger partial charge on any atom is -0.494 e. The van der Waals surface area contributed by atoms with E-state index in [1.807, 2.05) is 36.4 Å². The molecular formula is C21H25N5O2. The fraction of sp³-hybridized carbons (Fsp3) is 0.333. The van der Waals surface area contributed by atoms with Crippen molar-refractivity contribution in [1.29, 1.82) is 0 Å². The summed E-state index contributed by atoms with van der Waals surface area (Å²) in [6.45, 7) is 7.04. The Balaban J connectivity index is 1.40. The monoisotopic (exact) mass is 379 g/mol. The van der Waals surface area contributed by atoms with Crippen LogP contribution in [0.2, 0.25) is 0 Å². The van der Waals surface area contributed by atoms with E-state index in [-0.39, 0.29) is 11.3 Å². The summed E-state index contributed by atoms with van der Waals surface area (Å²) in [6, 6.07) is 15.5. The zero-order valence-electron chi connectivity index (χ0n) is 16.4. The molecule has 0 atom stereocenters. The standard InChI is InChI=1S/C21H25N5O2/c1-21(2,3)16-6-12-19(13-7-16)28-14-4-5-20(27)23-17-8-10-18(11-9-17)26-15-22-24-25-26/h6-13,15H,4-5,14H2,1-3H3,(H,23,27). The van der Waals surface area contributed by atoms with E-state index < -0.39 is 0 Å². The number of amides is 1. The second-order valence-corrected chi connectivity index (χ2v) is 7.58. The minimum atomic E-state index is -0.0400. The molecule has 0 saturated carbocycles. The van der Waals surface area contributed by atoms with Crippen LogP contribution < -0.4 is 10.1 Å². The lowest BCUT2D eigenvalue weighted by Crippen LogP contribution is -2.13. The SMILES string of the molecule is CC(C)(C)c1ccc(OCCCC(=O)Nc2ccc(-n3cnnn3)cc2)cc1. The van der Waals surface area contributed by atoms with Gasteiger partial charge in [-0.05, 0) is 64.2 Å². The number of nitrogens with zero attached hydrogens (tertiary/aromatic N) is 4. The van der Waals surface area contributed by atoms with Crippen molar-refractivity contribution < 1.29 is 9.53 Å². The number of carbonyl (C=O) groups excluding carboxylic acids is 1. The van der Waals surface area contributed by atoms with Gasteiger partial charge in [0.15, 0.2) is 0 Å². The van der Waals surface area contributed by atoms with Crippen LogP contribution in [-0.2, 0) is 10.2 Å². The van der Waals surface area contributed by atoms with Crippen LogP contribution in [0.25, 0.3) is 5.69 Å². The van der Waals surface area contributed by atoms with Gasteiger partial charge in [-0.15, -0.1) is 5.10 Å². The van der Waals surface area contributed by atoms with Crippen LogP contribution in [0.1, 0.15) is 39.2 Å². The molecule has 7 nitrogen and oxygen atoms in total. The number of aromatic nitrogens is 4. The molecule has 1 heterocycles. The van der Waals surface area contributed by atoms with Crippen LogP contribution in [0.15, 0.2) is 54.9 Å². The average molecular weight is 379 g/mol. The summed E-state index contributed by atoms with van der Waals surface area (Å²) in [5, 5.41) is 13.9. The van der Waals surface area contributed by atoms with Gasteiger partial charge in [0.05, 0.1) is 12.3 Å². The van der Waals surface area contributed by atoms with Crippen LogP contribution in [0.4, 0.5) is 5.69 Å². The Hall–Kier alpha value is -3.22. The molecule has 1 aromatic heterocycles. The molecule has 1 amide bonds. The number of ether oxygens (including phenoxy) is 1. The maximum atomic E-state index is 12.1. The van der Waals surface area contributed by atoms with Crippen LogP contribution in [0, 0.1) is 0 Å². The fourth-order valence-corrected chi connectivity index (χ4v) is 2.67. The largest absolute Gasteiger partial charge is 0.494 e. The van der Waals surface area contributed by atoms with Crippen molar-refractivity contribution in [3.05, 3.63) is 60.4 Å². The molecule has 0 aliphatic heterocycles. The second kappa shape index (κ2) is 8.65. The number of rotatable bonds is 7. The molecule has 3 rings (SSSR count). The van der Waals surface area contributed by atoms with E-state index in [2.05, 4.69) is 53.7 Å². The van der Waals surface area contributed by atoms with Gasteiger partial charge in [0.1, 0.15) is 12.1 Å². The third kappa shape index (κ3) is 5.39. The van der Waals surface area contributed by atoms with E-state index in [0.717, 1.165) is 17.1 Å². The molecule has 3 aromatic rings. The number of nitrogens with one attached hydrogen (secondary N) is 1. The summed E-state index contributed by atoms with van der Waals surface area (Å²) in [4.78, 5) is 12.1. The first kappa shape index (κ1) is 19.5. The quantitative estimate of drug-likeness (QED) is 0.632. The topological polar surface area (TPSA) is 81.9 Å². The highest BCUT2D eigenvalue weighted by molar-refractivity contribution is 5.90. The molecule has 0 fully saturated rings. The Bertz CT molecular complexity index is 882. The molecule has 0 aliphatic rings. The van der Waals surface area contributed by atoms with Crippen LogP contribution in [-0.4, -0.2) is 32.7 Å². The molecule has 0 bridgehead atoms. The van der Waals surface area contributed by atoms with Crippen molar-refractivity contribution in [1.82, 2.24) is 20.2 Å². The first-order valence-corrected chi connectivity index (χ1v) is 9.28. The molecule has 28 heavy (non-hydrogen) atoms. The third-order valence-corrected chi connectivity index (χ3v) is 4.30. The molecule has 0 spiro atoms. The lowest BCUT2D eigenvalue weighted by atomic mass is 9.87. The molecule has 0 saturated heterocycles. The highest BCUT2D eigenvalue weighted by Crippen LogP contribution is 2.24. The second-order valence-electron chi connectivity index (χ2n) is 7.58. The third-order valence-electron chi connectivity index (χ3n) is 4.30. The van der Waals surface area contributed by atoms with E-state index in [1.165, 1.54) is 11.9 Å². The Morgan fingerprint density at radius 2 is 1.79 bits per heavy atom. The van der Waals surface area contributed by atoms with Gasteiger partial charge in [-0.1, -0.05) is 32.9 Å². The van der Waals surface area contributed by atoms with Gasteiger partial charge in [-0.2, -0.15) is 0 Å². The zero-order valence-corrected chi connectivity index (χ0v) is 16.4. The first-order chi connectivity index (χ1) is 13.4. The predicted molar refractivity (Wildman–Crippen MR) is 108 cm³/mol. The first-order valence-electron chi connectivity index (χ1n) is 9.28. The molecule has 0 aliphatic carbocycles. The molecule has 0 radical (unpaired) electrons. The van der Waals surface area contributed by atoms with Crippen molar-refractivity contribution in [3.63, 3.8) is 0 Å². The average Bonchev–Trinajstić information content (AvgIpc) is 3.20. The molecule has 7 heteroatoms. The van der Waals surface area contributed by atoms with Gasteiger partial charge in [0.25, 0.3) is 0 Å². The van der Waals surface area contributed by atoms with Gasteiger partial charge in [-0.3, -0.25) is 4.79 Å². The molecule has 0 unspecified atom stereocenters. The lowest BCUT2D eigenvalue weighted by molar-refractivity contribution is -0.116. The number of anilines is 1. The Morgan fingerprint density at radius 3 is 2.39 bits per heavy atom. The number of benzene rings is 2. The zero-order chi connectivity index (χ0) is 20.0.